The van der Waals surface area contributed by atoms with Gasteiger partial charge >= 0.3 is 0 Å². The standard InChI is InChI=1S/C12H27N5O2P2S/c1-14(2)7-8-16-11(10-15(3)4)9-12(13-16)22(18,19)17(20-5)21-6/h9,20-21H,7-8,10H2,1-6H3. The van der Waals surface area contributed by atoms with Gasteiger partial charge in [-0.3, -0.25) is 4.68 Å². The molecule has 1 rings (SSSR count). The molecule has 10 heteroatoms. The summed E-state index contributed by atoms with van der Waals surface area (Å²) in [5.41, 5.74) is 0.921. The molecule has 22 heavy (non-hydrogen) atoms. The first-order valence-electron chi connectivity index (χ1n) is 6.98. The van der Waals surface area contributed by atoms with Crippen molar-refractivity contribution in [3.8, 4) is 0 Å². The second kappa shape index (κ2) is 8.67. The van der Waals surface area contributed by atoms with Gasteiger partial charge in [-0.25, -0.2) is 8.42 Å². The molecule has 0 aliphatic carbocycles. The van der Waals surface area contributed by atoms with Crippen LogP contribution in [0.1, 0.15) is 5.69 Å². The maximum atomic E-state index is 12.6. The van der Waals surface area contributed by atoms with E-state index >= 15 is 0 Å². The van der Waals surface area contributed by atoms with E-state index in [0.29, 0.717) is 13.1 Å². The molecule has 0 amide bonds. The first-order valence-corrected chi connectivity index (χ1v) is 11.3. The second-order valence-electron chi connectivity index (χ2n) is 5.45. The van der Waals surface area contributed by atoms with Crippen molar-refractivity contribution in [1.29, 1.82) is 0 Å². The molecule has 2 unspecified atom stereocenters. The van der Waals surface area contributed by atoms with E-state index in [-0.39, 0.29) is 22.5 Å². The Morgan fingerprint density at radius 1 is 1.14 bits per heavy atom. The monoisotopic (exact) mass is 367 g/mol. The van der Waals surface area contributed by atoms with Crippen LogP contribution in [0.25, 0.3) is 0 Å². The van der Waals surface area contributed by atoms with E-state index < -0.39 is 10.0 Å². The van der Waals surface area contributed by atoms with Crippen LogP contribution < -0.4 is 0 Å². The molecule has 0 saturated heterocycles. The topological polar surface area (TPSA) is 61.7 Å². The van der Waals surface area contributed by atoms with Crippen molar-refractivity contribution in [2.75, 3.05) is 48.1 Å². The molecule has 0 spiro atoms. The zero-order chi connectivity index (χ0) is 16.9. The first-order chi connectivity index (χ1) is 10.2. The number of hydrogen-bond acceptors (Lipinski definition) is 5. The van der Waals surface area contributed by atoms with Gasteiger partial charge in [0.25, 0.3) is 10.0 Å². The van der Waals surface area contributed by atoms with Crippen LogP contribution in [-0.2, 0) is 23.1 Å². The van der Waals surface area contributed by atoms with Crippen molar-refractivity contribution >= 4 is 27.5 Å². The van der Waals surface area contributed by atoms with Gasteiger partial charge < -0.3 is 9.80 Å². The van der Waals surface area contributed by atoms with Gasteiger partial charge in [0.05, 0.1) is 12.2 Å². The van der Waals surface area contributed by atoms with Crippen LogP contribution in [0.4, 0.5) is 0 Å². The molecule has 0 aromatic carbocycles. The van der Waals surface area contributed by atoms with Crippen LogP contribution in [0.5, 0.6) is 0 Å². The summed E-state index contributed by atoms with van der Waals surface area (Å²) >= 11 is 0. The summed E-state index contributed by atoms with van der Waals surface area (Å²) in [4.78, 5) is 4.07. The molecule has 2 atom stereocenters. The van der Waals surface area contributed by atoms with E-state index in [1.165, 1.54) is 3.85 Å². The van der Waals surface area contributed by atoms with Gasteiger partial charge in [0.1, 0.15) is 0 Å². The van der Waals surface area contributed by atoms with Gasteiger partial charge in [0.15, 0.2) is 5.03 Å². The Morgan fingerprint density at radius 2 is 1.73 bits per heavy atom. The summed E-state index contributed by atoms with van der Waals surface area (Å²) < 4.78 is 28.5. The second-order valence-corrected chi connectivity index (χ2v) is 10.1. The summed E-state index contributed by atoms with van der Waals surface area (Å²) in [5, 5.41) is 4.53. The lowest BCUT2D eigenvalue weighted by Gasteiger charge is -2.16. The van der Waals surface area contributed by atoms with E-state index in [4.69, 9.17) is 0 Å². The fourth-order valence-corrected chi connectivity index (χ4v) is 5.99. The van der Waals surface area contributed by atoms with E-state index in [2.05, 4.69) is 10.00 Å². The molecular formula is C12H27N5O2P2S. The van der Waals surface area contributed by atoms with Gasteiger partial charge in [0.2, 0.25) is 0 Å². The summed E-state index contributed by atoms with van der Waals surface area (Å²) in [7, 11) is 4.85. The third-order valence-corrected chi connectivity index (χ3v) is 8.89. The molecule has 7 nitrogen and oxygen atoms in total. The maximum absolute atomic E-state index is 12.6. The number of aromatic nitrogens is 2. The third-order valence-electron chi connectivity index (χ3n) is 2.99. The van der Waals surface area contributed by atoms with Crippen LogP contribution in [0, 0.1) is 0 Å². The maximum Gasteiger partial charge on any atom is 0.268 e. The highest BCUT2D eigenvalue weighted by atomic mass is 32.2. The predicted octanol–water partition coefficient (Wildman–Crippen LogP) is 0.944. The normalized spacial score (nSPS) is 13.9. The highest BCUT2D eigenvalue weighted by molar-refractivity contribution is 7.97. The summed E-state index contributed by atoms with van der Waals surface area (Å²) in [6, 6.07) is 1.71. The van der Waals surface area contributed by atoms with Crippen molar-refractivity contribution in [2.24, 2.45) is 0 Å². The highest BCUT2D eigenvalue weighted by Gasteiger charge is 2.26. The molecule has 128 valence electrons. The Labute approximate surface area is 137 Å². The van der Waals surface area contributed by atoms with Crippen molar-refractivity contribution in [3.63, 3.8) is 0 Å². The van der Waals surface area contributed by atoms with E-state index in [0.717, 1.165) is 12.2 Å². The molecule has 0 aliphatic rings. The quantitative estimate of drug-likeness (QED) is 0.608. The van der Waals surface area contributed by atoms with Gasteiger partial charge in [0, 0.05) is 19.2 Å². The lowest BCUT2D eigenvalue weighted by atomic mass is 10.4. The Morgan fingerprint density at radius 3 is 2.18 bits per heavy atom. The number of rotatable bonds is 9. The smallest absolute Gasteiger partial charge is 0.268 e. The number of sulfonamides is 1. The first kappa shape index (κ1) is 19.9. The fraction of sp³-hybridized carbons (Fsp3) is 0.750. The summed E-state index contributed by atoms with van der Waals surface area (Å²) in [5.74, 6) is 0. The highest BCUT2D eigenvalue weighted by Crippen LogP contribution is 2.34. The lowest BCUT2D eigenvalue weighted by Crippen LogP contribution is -2.22. The van der Waals surface area contributed by atoms with Crippen molar-refractivity contribution < 1.29 is 8.42 Å². The van der Waals surface area contributed by atoms with Crippen LogP contribution in [0.15, 0.2) is 11.1 Å². The average molecular weight is 367 g/mol. The van der Waals surface area contributed by atoms with Crippen LogP contribution >= 0.6 is 17.5 Å². The van der Waals surface area contributed by atoms with Crippen LogP contribution in [-0.4, -0.2) is 79.9 Å². The molecule has 0 fully saturated rings. The van der Waals surface area contributed by atoms with E-state index in [1.807, 2.05) is 51.1 Å². The lowest BCUT2D eigenvalue weighted by molar-refractivity contribution is 0.347. The SMILES string of the molecule is CPN(PC)S(=O)(=O)c1cc(CN(C)C)n(CCN(C)C)n1. The Balaban J connectivity index is 3.16. The van der Waals surface area contributed by atoms with Crippen molar-refractivity contribution in [3.05, 3.63) is 11.8 Å². The minimum atomic E-state index is -3.48. The van der Waals surface area contributed by atoms with Gasteiger partial charge in [-0.1, -0.05) is 0 Å². The predicted molar refractivity (Wildman–Crippen MR) is 95.7 cm³/mol. The minimum absolute atomic E-state index is 0.159. The Kier molecular flexibility index (Phi) is 7.86. The van der Waals surface area contributed by atoms with Crippen molar-refractivity contribution in [2.45, 2.75) is 18.1 Å². The van der Waals surface area contributed by atoms with Gasteiger partial charge in [-0.15, -0.1) is 0 Å². The molecule has 1 heterocycles. The van der Waals surface area contributed by atoms with Gasteiger partial charge in [-0.2, -0.15) is 8.94 Å². The molecule has 1 aromatic heterocycles. The largest absolute Gasteiger partial charge is 0.308 e. The van der Waals surface area contributed by atoms with Crippen LogP contribution in [0.2, 0.25) is 0 Å². The Bertz CT molecular complexity index is 570. The molecule has 0 aliphatic heterocycles. The van der Waals surface area contributed by atoms with Crippen LogP contribution in [0.3, 0.4) is 0 Å². The molecule has 0 radical (unpaired) electrons. The minimum Gasteiger partial charge on any atom is -0.308 e. The molecule has 0 N–H and O–H groups in total. The number of nitrogens with zero attached hydrogens (tertiary/aromatic N) is 5. The summed E-state index contributed by atoms with van der Waals surface area (Å²) in [6.07, 6.45) is 0. The summed E-state index contributed by atoms with van der Waals surface area (Å²) in [6.45, 7) is 5.90. The van der Waals surface area contributed by atoms with Crippen molar-refractivity contribution in [1.82, 2.24) is 23.4 Å². The third kappa shape index (κ3) is 5.22. The van der Waals surface area contributed by atoms with E-state index in [1.54, 1.807) is 6.07 Å². The fourth-order valence-electron chi connectivity index (χ4n) is 1.94. The molecular weight excluding hydrogens is 340 g/mol. The average Bonchev–Trinajstić information content (AvgIpc) is 2.80. The van der Waals surface area contributed by atoms with E-state index in [9.17, 15) is 8.42 Å². The van der Waals surface area contributed by atoms with Gasteiger partial charge in [-0.05, 0) is 59.0 Å². The number of likely N-dealkylation sites (N-methyl/N-ethyl adjacent to an activating group) is 1. The molecule has 0 saturated carbocycles. The molecule has 0 bridgehead atoms. The Hall–Kier alpha value is -0.100. The number of hydrogen-bond donors (Lipinski definition) is 0. The molecule has 1 aromatic rings. The zero-order valence-electron chi connectivity index (χ0n) is 14.2. The zero-order valence-corrected chi connectivity index (χ0v) is 17.0.